The van der Waals surface area contributed by atoms with Crippen molar-refractivity contribution in [2.24, 2.45) is 0 Å². The molecule has 1 amide bonds. The Bertz CT molecular complexity index is 613. The molecule has 6 nitrogen and oxygen atoms in total. The number of hydrogen-bond acceptors (Lipinski definition) is 6. The fourth-order valence-corrected chi connectivity index (χ4v) is 3.17. The molecule has 1 atom stereocenters. The molecule has 2 aromatic rings. The van der Waals surface area contributed by atoms with Gasteiger partial charge < -0.3 is 10.0 Å². The fourth-order valence-electron chi connectivity index (χ4n) is 2.69. The first-order valence-electron chi connectivity index (χ1n) is 6.80. The SMILES string of the molecule is O=C(c1cnc2nsnc2c1)N1CCCCC1CCO. The van der Waals surface area contributed by atoms with E-state index in [0.29, 0.717) is 23.1 Å². The first-order valence-corrected chi connectivity index (χ1v) is 7.53. The minimum Gasteiger partial charge on any atom is -0.396 e. The molecule has 0 aromatic carbocycles. The number of aliphatic hydroxyl groups is 1. The third-order valence-corrected chi connectivity index (χ3v) is 4.24. The number of piperidine rings is 1. The van der Waals surface area contributed by atoms with Gasteiger partial charge in [-0.25, -0.2) is 4.98 Å². The Morgan fingerprint density at radius 1 is 1.45 bits per heavy atom. The number of carbonyl (C=O) groups excluding carboxylic acids is 1. The number of amides is 1. The maximum atomic E-state index is 12.6. The summed E-state index contributed by atoms with van der Waals surface area (Å²) in [5, 5.41) is 9.13. The molecule has 0 radical (unpaired) electrons. The maximum Gasteiger partial charge on any atom is 0.255 e. The van der Waals surface area contributed by atoms with E-state index in [2.05, 4.69) is 13.7 Å². The first-order chi connectivity index (χ1) is 9.79. The molecule has 106 valence electrons. The Labute approximate surface area is 120 Å². The minimum absolute atomic E-state index is 0.0226. The lowest BCUT2D eigenvalue weighted by atomic mass is 9.98. The van der Waals surface area contributed by atoms with Crippen LogP contribution in [0.5, 0.6) is 0 Å². The summed E-state index contributed by atoms with van der Waals surface area (Å²) in [5.41, 5.74) is 1.80. The summed E-state index contributed by atoms with van der Waals surface area (Å²) >= 11 is 1.10. The van der Waals surface area contributed by atoms with Gasteiger partial charge in [-0.3, -0.25) is 4.79 Å². The molecule has 20 heavy (non-hydrogen) atoms. The van der Waals surface area contributed by atoms with Gasteiger partial charge in [-0.05, 0) is 31.7 Å². The van der Waals surface area contributed by atoms with Crippen LogP contribution in [0.25, 0.3) is 11.2 Å². The number of likely N-dealkylation sites (tertiary alicyclic amines) is 1. The molecule has 0 saturated carbocycles. The van der Waals surface area contributed by atoms with E-state index in [1.165, 1.54) is 0 Å². The number of fused-ring (bicyclic) bond motifs is 1. The Morgan fingerprint density at radius 2 is 2.35 bits per heavy atom. The molecule has 1 saturated heterocycles. The summed E-state index contributed by atoms with van der Waals surface area (Å²) in [6, 6.07) is 1.88. The van der Waals surface area contributed by atoms with Gasteiger partial charge in [0, 0.05) is 25.4 Å². The van der Waals surface area contributed by atoms with Gasteiger partial charge >= 0.3 is 0 Å². The van der Waals surface area contributed by atoms with E-state index in [-0.39, 0.29) is 18.6 Å². The summed E-state index contributed by atoms with van der Waals surface area (Å²) in [5.74, 6) is -0.0226. The van der Waals surface area contributed by atoms with Crippen molar-refractivity contribution in [2.45, 2.75) is 31.7 Å². The first kappa shape index (κ1) is 13.4. The van der Waals surface area contributed by atoms with Gasteiger partial charge in [0.15, 0.2) is 5.65 Å². The molecule has 1 N–H and O–H groups in total. The largest absolute Gasteiger partial charge is 0.396 e. The standard InChI is InChI=1S/C13H16N4O2S/c18-6-4-10-3-1-2-5-17(10)13(19)9-7-11-12(14-8-9)16-20-15-11/h7-8,10,18H,1-6H2. The highest BCUT2D eigenvalue weighted by molar-refractivity contribution is 7.00. The van der Waals surface area contributed by atoms with E-state index in [1.54, 1.807) is 12.3 Å². The second-order valence-electron chi connectivity index (χ2n) is 4.99. The van der Waals surface area contributed by atoms with Gasteiger partial charge in [-0.2, -0.15) is 8.75 Å². The van der Waals surface area contributed by atoms with Crippen molar-refractivity contribution in [3.63, 3.8) is 0 Å². The van der Waals surface area contributed by atoms with Crippen LogP contribution in [0.4, 0.5) is 0 Å². The lowest BCUT2D eigenvalue weighted by Crippen LogP contribution is -2.44. The second kappa shape index (κ2) is 5.80. The third kappa shape index (κ3) is 2.51. The van der Waals surface area contributed by atoms with E-state index >= 15 is 0 Å². The lowest BCUT2D eigenvalue weighted by molar-refractivity contribution is 0.0574. The molecule has 1 unspecified atom stereocenters. The van der Waals surface area contributed by atoms with E-state index in [4.69, 9.17) is 5.11 Å². The van der Waals surface area contributed by atoms with Crippen LogP contribution in [0, 0.1) is 0 Å². The van der Waals surface area contributed by atoms with Crippen LogP contribution in [0.1, 0.15) is 36.0 Å². The van der Waals surface area contributed by atoms with Gasteiger partial charge in [0.05, 0.1) is 17.3 Å². The number of hydrogen-bond donors (Lipinski definition) is 1. The van der Waals surface area contributed by atoms with E-state index in [0.717, 1.165) is 37.5 Å². The number of carbonyl (C=O) groups is 1. The van der Waals surface area contributed by atoms with Gasteiger partial charge in [0.1, 0.15) is 5.52 Å². The second-order valence-corrected chi connectivity index (χ2v) is 5.52. The maximum absolute atomic E-state index is 12.6. The summed E-state index contributed by atoms with van der Waals surface area (Å²) in [6.45, 7) is 0.860. The highest BCUT2D eigenvalue weighted by atomic mass is 32.1. The molecule has 3 rings (SSSR count). The highest BCUT2D eigenvalue weighted by Crippen LogP contribution is 2.22. The van der Waals surface area contributed by atoms with Crippen molar-refractivity contribution in [3.8, 4) is 0 Å². The van der Waals surface area contributed by atoms with Crippen molar-refractivity contribution in [1.82, 2.24) is 18.6 Å². The zero-order valence-corrected chi connectivity index (χ0v) is 11.8. The molecule has 2 aromatic heterocycles. The zero-order valence-electron chi connectivity index (χ0n) is 11.0. The van der Waals surface area contributed by atoms with Gasteiger partial charge in [0.25, 0.3) is 5.91 Å². The molecule has 1 fully saturated rings. The van der Waals surface area contributed by atoms with Gasteiger partial charge in [-0.1, -0.05) is 0 Å². The average Bonchev–Trinajstić information content (AvgIpc) is 2.95. The van der Waals surface area contributed by atoms with Crippen molar-refractivity contribution < 1.29 is 9.90 Å². The van der Waals surface area contributed by atoms with E-state index < -0.39 is 0 Å². The quantitative estimate of drug-likeness (QED) is 0.926. The Hall–Kier alpha value is -1.60. The van der Waals surface area contributed by atoms with Crippen molar-refractivity contribution in [1.29, 1.82) is 0 Å². The van der Waals surface area contributed by atoms with E-state index in [1.807, 2.05) is 4.90 Å². The average molecular weight is 292 g/mol. The van der Waals surface area contributed by atoms with Crippen molar-refractivity contribution in [2.75, 3.05) is 13.2 Å². The van der Waals surface area contributed by atoms with Gasteiger partial charge in [-0.15, -0.1) is 0 Å². The summed E-state index contributed by atoms with van der Waals surface area (Å²) in [6.07, 6.45) is 5.29. The number of aliphatic hydroxyl groups excluding tert-OH is 1. The molecule has 1 aliphatic rings. The topological polar surface area (TPSA) is 79.2 Å². The monoisotopic (exact) mass is 292 g/mol. The molecular weight excluding hydrogens is 276 g/mol. The third-order valence-electron chi connectivity index (χ3n) is 3.71. The van der Waals surface area contributed by atoms with Crippen LogP contribution < -0.4 is 0 Å². The predicted octanol–water partition coefficient (Wildman–Crippen LogP) is 1.46. The van der Waals surface area contributed by atoms with Crippen LogP contribution in [0.15, 0.2) is 12.3 Å². The smallest absolute Gasteiger partial charge is 0.255 e. The Balaban J connectivity index is 1.85. The molecule has 7 heteroatoms. The van der Waals surface area contributed by atoms with Gasteiger partial charge in [0.2, 0.25) is 0 Å². The van der Waals surface area contributed by atoms with Crippen LogP contribution in [0.2, 0.25) is 0 Å². The molecule has 0 bridgehead atoms. The van der Waals surface area contributed by atoms with Crippen LogP contribution in [-0.4, -0.2) is 48.8 Å². The summed E-state index contributed by atoms with van der Waals surface area (Å²) in [4.78, 5) is 18.6. The summed E-state index contributed by atoms with van der Waals surface area (Å²) < 4.78 is 8.16. The van der Waals surface area contributed by atoms with Crippen LogP contribution in [0.3, 0.4) is 0 Å². The van der Waals surface area contributed by atoms with Crippen molar-refractivity contribution in [3.05, 3.63) is 17.8 Å². The van der Waals surface area contributed by atoms with Crippen molar-refractivity contribution >= 4 is 28.8 Å². The predicted molar refractivity (Wildman–Crippen MR) is 75.6 cm³/mol. The fraction of sp³-hybridized carbons (Fsp3) is 0.538. The Kier molecular flexibility index (Phi) is 3.88. The highest BCUT2D eigenvalue weighted by Gasteiger charge is 2.27. The van der Waals surface area contributed by atoms with E-state index in [9.17, 15) is 4.79 Å². The zero-order chi connectivity index (χ0) is 13.9. The Morgan fingerprint density at radius 3 is 3.20 bits per heavy atom. The normalized spacial score (nSPS) is 19.4. The van der Waals surface area contributed by atoms with Crippen LogP contribution >= 0.6 is 11.7 Å². The molecule has 3 heterocycles. The molecular formula is C13H16N4O2S. The molecule has 1 aliphatic heterocycles. The van der Waals surface area contributed by atoms with Crippen LogP contribution in [-0.2, 0) is 0 Å². The number of pyridine rings is 1. The lowest BCUT2D eigenvalue weighted by Gasteiger charge is -2.35. The summed E-state index contributed by atoms with van der Waals surface area (Å²) in [7, 11) is 0. The number of aromatic nitrogens is 3. The number of rotatable bonds is 3. The molecule has 0 aliphatic carbocycles. The minimum atomic E-state index is -0.0226. The molecule has 0 spiro atoms. The number of nitrogens with zero attached hydrogens (tertiary/aromatic N) is 4.